The minimum absolute atomic E-state index is 0.188. The second-order valence-electron chi connectivity index (χ2n) is 6.25. The Kier molecular flexibility index (Phi) is 3.60. The highest BCUT2D eigenvalue weighted by molar-refractivity contribution is 5.97. The summed E-state index contributed by atoms with van der Waals surface area (Å²) in [4.78, 5) is 36.3. The second kappa shape index (κ2) is 5.81. The molecule has 0 saturated carbocycles. The fourth-order valence-corrected chi connectivity index (χ4v) is 3.27. The lowest BCUT2D eigenvalue weighted by molar-refractivity contribution is 0.0748. The van der Waals surface area contributed by atoms with Crippen molar-refractivity contribution in [2.24, 2.45) is 0 Å². The van der Waals surface area contributed by atoms with Crippen LogP contribution in [0.3, 0.4) is 0 Å². The van der Waals surface area contributed by atoms with Crippen LogP contribution in [0.1, 0.15) is 34.2 Å². The molecule has 6 heteroatoms. The van der Waals surface area contributed by atoms with E-state index in [2.05, 4.69) is 9.97 Å². The molecule has 0 aliphatic carbocycles. The first-order chi connectivity index (χ1) is 12.1. The Hall–Kier alpha value is -3.02. The molecule has 3 aromatic heterocycles. The summed E-state index contributed by atoms with van der Waals surface area (Å²) in [5.74, 6) is -0.257. The first-order valence-corrected chi connectivity index (χ1v) is 8.31. The Morgan fingerprint density at radius 2 is 2.08 bits per heavy atom. The number of hydrogen-bond acceptors (Lipinski definition) is 4. The van der Waals surface area contributed by atoms with Gasteiger partial charge in [-0.3, -0.25) is 14.6 Å². The molecule has 6 nitrogen and oxygen atoms in total. The predicted molar refractivity (Wildman–Crippen MR) is 94.2 cm³/mol. The van der Waals surface area contributed by atoms with E-state index in [1.165, 1.54) is 0 Å². The zero-order chi connectivity index (χ0) is 17.6. The quantitative estimate of drug-likeness (QED) is 0.721. The van der Waals surface area contributed by atoms with Gasteiger partial charge in [0.1, 0.15) is 11.2 Å². The summed E-state index contributed by atoms with van der Waals surface area (Å²) in [6.45, 7) is 5.41. The van der Waals surface area contributed by atoms with Crippen molar-refractivity contribution in [1.82, 2.24) is 19.4 Å². The highest BCUT2D eigenvalue weighted by Gasteiger charge is 2.27. The molecule has 0 saturated heterocycles. The van der Waals surface area contributed by atoms with Gasteiger partial charge in [0.25, 0.3) is 5.91 Å². The number of hydrogen-bond donors (Lipinski definition) is 0. The average Bonchev–Trinajstić information content (AvgIpc) is 3.05. The molecule has 4 heterocycles. The molecule has 3 aromatic rings. The van der Waals surface area contributed by atoms with E-state index in [0.29, 0.717) is 30.7 Å². The maximum atomic E-state index is 13.0. The zero-order valence-electron chi connectivity index (χ0n) is 14.2. The van der Waals surface area contributed by atoms with Crippen LogP contribution in [0.4, 0.5) is 0 Å². The molecule has 4 rings (SSSR count). The van der Waals surface area contributed by atoms with Gasteiger partial charge in [0.2, 0.25) is 5.43 Å². The maximum absolute atomic E-state index is 13.0. The van der Waals surface area contributed by atoms with Crippen molar-refractivity contribution in [3.8, 4) is 0 Å². The van der Waals surface area contributed by atoms with Gasteiger partial charge in [-0.1, -0.05) is 6.07 Å². The van der Waals surface area contributed by atoms with Gasteiger partial charge in [-0.15, -0.1) is 0 Å². The summed E-state index contributed by atoms with van der Waals surface area (Å²) >= 11 is 0. The van der Waals surface area contributed by atoms with Gasteiger partial charge in [0.15, 0.2) is 0 Å². The normalized spacial score (nSPS) is 13.3. The Morgan fingerprint density at radius 1 is 1.24 bits per heavy atom. The lowest BCUT2D eigenvalue weighted by atomic mass is 10.1. The van der Waals surface area contributed by atoms with Crippen molar-refractivity contribution >= 4 is 16.9 Å². The van der Waals surface area contributed by atoms with E-state index in [1.54, 1.807) is 29.4 Å². The topological polar surface area (TPSA) is 68.1 Å². The van der Waals surface area contributed by atoms with Gasteiger partial charge in [0, 0.05) is 31.2 Å². The van der Waals surface area contributed by atoms with Crippen molar-refractivity contribution in [2.45, 2.75) is 33.5 Å². The molecule has 0 fully saturated rings. The molecule has 0 unspecified atom stereocenters. The van der Waals surface area contributed by atoms with Crippen LogP contribution in [0.5, 0.6) is 0 Å². The summed E-state index contributed by atoms with van der Waals surface area (Å²) in [7, 11) is 0. The molecule has 0 N–H and O–H groups in total. The van der Waals surface area contributed by atoms with Crippen LogP contribution < -0.4 is 5.43 Å². The molecular formula is C19H18N4O2. The minimum atomic E-state index is -0.263. The van der Waals surface area contributed by atoms with Crippen LogP contribution in [0, 0.1) is 6.92 Å². The van der Waals surface area contributed by atoms with Crippen molar-refractivity contribution in [3.05, 3.63) is 69.4 Å². The second-order valence-corrected chi connectivity index (χ2v) is 6.25. The molecule has 0 spiro atoms. The maximum Gasteiger partial charge on any atom is 0.260 e. The molecule has 0 atom stereocenters. The van der Waals surface area contributed by atoms with E-state index < -0.39 is 0 Å². The highest BCUT2D eigenvalue weighted by Crippen LogP contribution is 2.22. The fourth-order valence-electron chi connectivity index (χ4n) is 3.27. The smallest absolute Gasteiger partial charge is 0.260 e. The van der Waals surface area contributed by atoms with Crippen LogP contribution in [-0.4, -0.2) is 25.3 Å². The SMILES string of the molecule is CCn1cc(C(=O)N2Cc3cccnc3C2)c(=O)c2ccc(C)nc21. The third-order valence-electron chi connectivity index (χ3n) is 4.61. The lowest BCUT2D eigenvalue weighted by Crippen LogP contribution is -2.31. The zero-order valence-corrected chi connectivity index (χ0v) is 14.2. The van der Waals surface area contributed by atoms with Crippen LogP contribution in [0.25, 0.3) is 11.0 Å². The molecule has 126 valence electrons. The van der Waals surface area contributed by atoms with Gasteiger partial charge in [0.05, 0.1) is 17.6 Å². The fraction of sp³-hybridized carbons (Fsp3) is 0.263. The number of pyridine rings is 3. The summed E-state index contributed by atoms with van der Waals surface area (Å²) in [5.41, 5.74) is 3.31. The summed E-state index contributed by atoms with van der Waals surface area (Å²) in [5, 5.41) is 0.480. The number of carbonyl (C=O) groups excluding carboxylic acids is 1. The van der Waals surface area contributed by atoms with E-state index in [4.69, 9.17) is 0 Å². The van der Waals surface area contributed by atoms with Crippen molar-refractivity contribution < 1.29 is 4.79 Å². The van der Waals surface area contributed by atoms with Crippen LogP contribution in [-0.2, 0) is 19.6 Å². The number of rotatable bonds is 2. The molecule has 0 bridgehead atoms. The van der Waals surface area contributed by atoms with Crippen LogP contribution in [0.2, 0.25) is 0 Å². The molecule has 0 aromatic carbocycles. The largest absolute Gasteiger partial charge is 0.332 e. The first-order valence-electron chi connectivity index (χ1n) is 8.31. The van der Waals surface area contributed by atoms with Crippen molar-refractivity contribution in [1.29, 1.82) is 0 Å². The predicted octanol–water partition coefficient (Wildman–Crippen LogP) is 2.28. The molecule has 1 aliphatic heterocycles. The molecule has 0 radical (unpaired) electrons. The Bertz CT molecular complexity index is 1030. The lowest BCUT2D eigenvalue weighted by Gasteiger charge is -2.17. The summed E-state index contributed by atoms with van der Waals surface area (Å²) in [6, 6.07) is 7.38. The molecular weight excluding hydrogens is 316 g/mol. The van der Waals surface area contributed by atoms with Gasteiger partial charge in [-0.25, -0.2) is 4.98 Å². The summed E-state index contributed by atoms with van der Waals surface area (Å²) in [6.07, 6.45) is 3.36. The van der Waals surface area contributed by atoms with Crippen molar-refractivity contribution in [3.63, 3.8) is 0 Å². The van der Waals surface area contributed by atoms with Gasteiger partial charge in [-0.05, 0) is 37.6 Å². The first kappa shape index (κ1) is 15.5. The van der Waals surface area contributed by atoms with Gasteiger partial charge < -0.3 is 9.47 Å². The minimum Gasteiger partial charge on any atom is -0.332 e. The van der Waals surface area contributed by atoms with E-state index in [0.717, 1.165) is 17.0 Å². The standard InChI is InChI=1S/C19H18N4O2/c1-3-22-10-15(17(24)14-7-6-12(2)21-18(14)22)19(25)23-9-13-5-4-8-20-16(13)11-23/h4-8,10H,3,9,11H2,1-2H3. The third kappa shape index (κ3) is 2.50. The number of aryl methyl sites for hydroxylation is 2. The highest BCUT2D eigenvalue weighted by atomic mass is 16.2. The molecule has 1 aliphatic rings. The third-order valence-corrected chi connectivity index (χ3v) is 4.61. The average molecular weight is 334 g/mol. The monoisotopic (exact) mass is 334 g/mol. The van der Waals surface area contributed by atoms with E-state index >= 15 is 0 Å². The summed E-state index contributed by atoms with van der Waals surface area (Å²) < 4.78 is 1.86. The van der Waals surface area contributed by atoms with E-state index in [9.17, 15) is 9.59 Å². The van der Waals surface area contributed by atoms with Crippen molar-refractivity contribution in [2.75, 3.05) is 0 Å². The van der Waals surface area contributed by atoms with E-state index in [-0.39, 0.29) is 16.9 Å². The van der Waals surface area contributed by atoms with Crippen LogP contribution in [0.15, 0.2) is 41.5 Å². The molecule has 25 heavy (non-hydrogen) atoms. The number of fused-ring (bicyclic) bond motifs is 2. The number of carbonyl (C=O) groups is 1. The number of aromatic nitrogens is 3. The Balaban J connectivity index is 1.80. The Labute approximate surface area is 144 Å². The number of amides is 1. The van der Waals surface area contributed by atoms with Crippen LogP contribution >= 0.6 is 0 Å². The Morgan fingerprint density at radius 3 is 2.84 bits per heavy atom. The number of nitrogens with zero attached hydrogens (tertiary/aromatic N) is 4. The van der Waals surface area contributed by atoms with E-state index in [1.807, 2.05) is 30.5 Å². The van der Waals surface area contributed by atoms with Gasteiger partial charge >= 0.3 is 0 Å². The molecule has 1 amide bonds. The van der Waals surface area contributed by atoms with Gasteiger partial charge in [-0.2, -0.15) is 0 Å².